The molecule has 1 aliphatic heterocycles. The Balaban J connectivity index is 1.49. The Morgan fingerprint density at radius 3 is 2.47 bits per heavy atom. The number of nitrogens with zero attached hydrogens (tertiary/aromatic N) is 4. The van der Waals surface area contributed by atoms with Gasteiger partial charge in [-0.1, -0.05) is 37.6 Å². The molecule has 0 unspecified atom stereocenters. The molecule has 2 amide bonds. The van der Waals surface area contributed by atoms with Crippen LogP contribution < -0.4 is 15.0 Å². The molecule has 1 aromatic heterocycles. The Bertz CT molecular complexity index is 867. The Kier molecular flexibility index (Phi) is 7.46. The van der Waals surface area contributed by atoms with Gasteiger partial charge in [-0.15, -0.1) is 10.2 Å². The van der Waals surface area contributed by atoms with Crippen LogP contribution in [0.2, 0.25) is 5.02 Å². The van der Waals surface area contributed by atoms with Crippen molar-refractivity contribution in [2.45, 2.75) is 20.3 Å². The first kappa shape index (κ1) is 21.8. The first-order chi connectivity index (χ1) is 14.4. The summed E-state index contributed by atoms with van der Waals surface area (Å²) in [6.45, 7) is 7.10. The second-order valence-electron chi connectivity index (χ2n) is 7.49. The number of aromatic nitrogens is 2. The van der Waals surface area contributed by atoms with Crippen LogP contribution in [0.15, 0.2) is 36.4 Å². The maximum atomic E-state index is 12.7. The number of amides is 2. The predicted octanol–water partition coefficient (Wildman–Crippen LogP) is 3.23. The molecule has 1 N–H and O–H groups in total. The lowest BCUT2D eigenvalue weighted by Crippen LogP contribution is -2.49. The summed E-state index contributed by atoms with van der Waals surface area (Å²) in [5, 5.41) is 11.3. The van der Waals surface area contributed by atoms with E-state index < -0.39 is 6.09 Å². The third-order valence-electron chi connectivity index (χ3n) is 4.81. The molecule has 0 saturated carbocycles. The summed E-state index contributed by atoms with van der Waals surface area (Å²) < 4.78 is 5.14. The summed E-state index contributed by atoms with van der Waals surface area (Å²) in [5.74, 6) is 1.25. The second-order valence-corrected chi connectivity index (χ2v) is 7.89. The van der Waals surface area contributed by atoms with E-state index in [1.165, 1.54) is 0 Å². The van der Waals surface area contributed by atoms with E-state index in [1.54, 1.807) is 41.3 Å². The minimum Gasteiger partial charge on any atom is -0.390 e. The highest BCUT2D eigenvalue weighted by molar-refractivity contribution is 6.33. The number of rotatable bonds is 6. The van der Waals surface area contributed by atoms with Crippen LogP contribution in [-0.4, -0.2) is 59.8 Å². The van der Waals surface area contributed by atoms with E-state index in [2.05, 4.69) is 29.4 Å². The van der Waals surface area contributed by atoms with Crippen molar-refractivity contribution >= 4 is 29.4 Å². The number of nitrogens with one attached hydrogen (secondary N) is 1. The van der Waals surface area contributed by atoms with E-state index in [0.717, 1.165) is 6.42 Å². The van der Waals surface area contributed by atoms with Crippen molar-refractivity contribution < 1.29 is 14.3 Å². The molecule has 2 heterocycles. The Morgan fingerprint density at radius 2 is 1.83 bits per heavy atom. The molecule has 0 spiro atoms. The summed E-state index contributed by atoms with van der Waals surface area (Å²) >= 11 is 6.14. The fraction of sp³-hybridized carbons (Fsp3) is 0.429. The minimum atomic E-state index is -0.538. The molecule has 0 aliphatic carbocycles. The fourth-order valence-corrected chi connectivity index (χ4v) is 3.29. The summed E-state index contributed by atoms with van der Waals surface area (Å²) in [4.78, 5) is 28.2. The van der Waals surface area contributed by atoms with Crippen LogP contribution in [-0.2, 0) is 0 Å². The van der Waals surface area contributed by atoms with Crippen molar-refractivity contribution in [3.05, 3.63) is 47.0 Å². The molecule has 160 valence electrons. The largest absolute Gasteiger partial charge is 0.413 e. The van der Waals surface area contributed by atoms with Gasteiger partial charge in [0, 0.05) is 38.8 Å². The molecule has 1 fully saturated rings. The lowest BCUT2D eigenvalue weighted by atomic mass is 10.1. The molecule has 0 bridgehead atoms. The van der Waals surface area contributed by atoms with Crippen molar-refractivity contribution in [2.24, 2.45) is 5.92 Å². The number of benzene rings is 1. The third-order valence-corrected chi connectivity index (χ3v) is 5.14. The summed E-state index contributed by atoms with van der Waals surface area (Å²) in [6, 6.07) is 10.4. The van der Waals surface area contributed by atoms with Crippen molar-refractivity contribution in [1.29, 1.82) is 0 Å². The van der Waals surface area contributed by atoms with Crippen LogP contribution in [0.25, 0.3) is 0 Å². The zero-order valence-corrected chi connectivity index (χ0v) is 17.9. The van der Waals surface area contributed by atoms with Gasteiger partial charge in [-0.2, -0.15) is 0 Å². The van der Waals surface area contributed by atoms with Crippen molar-refractivity contribution in [1.82, 2.24) is 20.4 Å². The number of hydrogen-bond donors (Lipinski definition) is 1. The zero-order chi connectivity index (χ0) is 21.5. The third kappa shape index (κ3) is 5.82. The number of carbonyl (C=O) groups is 2. The highest BCUT2D eigenvalue weighted by atomic mass is 35.5. The Hall–Kier alpha value is -2.87. The molecule has 0 radical (unpaired) electrons. The van der Waals surface area contributed by atoms with Gasteiger partial charge in [0.1, 0.15) is 0 Å². The molecule has 0 atom stereocenters. The molecule has 1 aromatic carbocycles. The minimum absolute atomic E-state index is 0.0708. The summed E-state index contributed by atoms with van der Waals surface area (Å²) in [7, 11) is 0. The summed E-state index contributed by atoms with van der Waals surface area (Å²) in [6.07, 6.45) is 0.342. The fourth-order valence-electron chi connectivity index (χ4n) is 3.07. The number of hydrogen-bond acceptors (Lipinski definition) is 6. The van der Waals surface area contributed by atoms with Gasteiger partial charge in [-0.25, -0.2) is 4.79 Å². The lowest BCUT2D eigenvalue weighted by Gasteiger charge is -2.35. The van der Waals surface area contributed by atoms with Crippen LogP contribution in [0.1, 0.15) is 30.6 Å². The Labute approximate surface area is 181 Å². The highest BCUT2D eigenvalue weighted by Gasteiger charge is 2.24. The lowest BCUT2D eigenvalue weighted by molar-refractivity contribution is 0.0746. The maximum absolute atomic E-state index is 12.7. The molecule has 1 saturated heterocycles. The van der Waals surface area contributed by atoms with Crippen LogP contribution >= 0.6 is 11.6 Å². The van der Waals surface area contributed by atoms with Gasteiger partial charge >= 0.3 is 6.09 Å². The van der Waals surface area contributed by atoms with Crippen molar-refractivity contribution in [3.63, 3.8) is 0 Å². The van der Waals surface area contributed by atoms with Gasteiger partial charge in [0.15, 0.2) is 5.82 Å². The van der Waals surface area contributed by atoms with Gasteiger partial charge in [-0.05, 0) is 30.5 Å². The van der Waals surface area contributed by atoms with Gasteiger partial charge in [0.2, 0.25) is 5.88 Å². The second kappa shape index (κ2) is 10.2. The van der Waals surface area contributed by atoms with E-state index in [9.17, 15) is 9.59 Å². The first-order valence-electron chi connectivity index (χ1n) is 10.0. The molecule has 8 nitrogen and oxygen atoms in total. The number of halogens is 1. The number of piperazine rings is 1. The van der Waals surface area contributed by atoms with Gasteiger partial charge in [0.25, 0.3) is 5.91 Å². The highest BCUT2D eigenvalue weighted by Crippen LogP contribution is 2.20. The van der Waals surface area contributed by atoms with E-state index in [0.29, 0.717) is 55.0 Å². The van der Waals surface area contributed by atoms with E-state index in [1.807, 2.05) is 4.90 Å². The van der Waals surface area contributed by atoms with E-state index in [4.69, 9.17) is 16.3 Å². The number of carbonyl (C=O) groups excluding carboxylic acids is 2. The molecular weight excluding hydrogens is 406 g/mol. The topological polar surface area (TPSA) is 87.7 Å². The van der Waals surface area contributed by atoms with Crippen molar-refractivity contribution in [2.75, 3.05) is 37.6 Å². The van der Waals surface area contributed by atoms with E-state index in [-0.39, 0.29) is 11.8 Å². The van der Waals surface area contributed by atoms with E-state index >= 15 is 0 Å². The van der Waals surface area contributed by atoms with Crippen molar-refractivity contribution in [3.8, 4) is 5.88 Å². The SMILES string of the molecule is CC(C)CCNC(=O)Oc1ccc(N2CCN(C(=O)c3ccccc3Cl)CC2)nn1. The smallest absolute Gasteiger partial charge is 0.390 e. The monoisotopic (exact) mass is 431 g/mol. The average Bonchev–Trinajstić information content (AvgIpc) is 2.74. The molecule has 30 heavy (non-hydrogen) atoms. The molecule has 2 aromatic rings. The average molecular weight is 432 g/mol. The first-order valence-corrected chi connectivity index (χ1v) is 10.4. The quantitative estimate of drug-likeness (QED) is 0.755. The molecule has 1 aliphatic rings. The van der Waals surface area contributed by atoms with Gasteiger partial charge in [0.05, 0.1) is 10.6 Å². The Morgan fingerprint density at radius 1 is 1.10 bits per heavy atom. The zero-order valence-electron chi connectivity index (χ0n) is 17.2. The maximum Gasteiger partial charge on any atom is 0.413 e. The molecular formula is C21H26ClN5O3. The number of anilines is 1. The normalized spacial score (nSPS) is 14.0. The molecule has 3 rings (SSSR count). The predicted molar refractivity (Wildman–Crippen MR) is 115 cm³/mol. The standard InChI is InChI=1S/C21H26ClN5O3/c1-15(2)9-10-23-21(29)30-19-8-7-18(24-25-19)26-11-13-27(14-12-26)20(28)16-5-3-4-6-17(16)22/h3-8,15H,9-14H2,1-2H3,(H,23,29). The van der Waals surface area contributed by atoms with Crippen LogP contribution in [0.4, 0.5) is 10.6 Å². The molecule has 9 heteroatoms. The van der Waals surface area contributed by atoms with Crippen LogP contribution in [0.3, 0.4) is 0 Å². The van der Waals surface area contributed by atoms with Gasteiger partial charge < -0.3 is 19.9 Å². The van der Waals surface area contributed by atoms with Crippen LogP contribution in [0, 0.1) is 5.92 Å². The van der Waals surface area contributed by atoms with Gasteiger partial charge in [-0.3, -0.25) is 4.79 Å². The van der Waals surface area contributed by atoms with Crippen LogP contribution in [0.5, 0.6) is 5.88 Å². The summed E-state index contributed by atoms with van der Waals surface area (Å²) in [5.41, 5.74) is 0.514. The number of ether oxygens (including phenoxy) is 1.